The van der Waals surface area contributed by atoms with E-state index in [-0.39, 0.29) is 5.41 Å². The van der Waals surface area contributed by atoms with Crippen molar-refractivity contribution in [3.63, 3.8) is 0 Å². The normalized spacial score (nSPS) is 16.0. The topological polar surface area (TPSA) is 42.2 Å². The highest BCUT2D eigenvalue weighted by molar-refractivity contribution is 7.15. The van der Waals surface area contributed by atoms with E-state index in [1.54, 1.807) is 11.3 Å². The minimum absolute atomic E-state index is 0.212. The maximum Gasteiger partial charge on any atom is 0.180 e. The summed E-state index contributed by atoms with van der Waals surface area (Å²) in [4.78, 5) is 7.88. The predicted molar refractivity (Wildman–Crippen MR) is 89.5 cm³/mol. The Morgan fingerprint density at radius 2 is 2.10 bits per heavy atom. The number of aromatic nitrogens is 1. The van der Waals surface area contributed by atoms with Crippen molar-refractivity contribution >= 4 is 16.5 Å². The van der Waals surface area contributed by atoms with E-state index in [9.17, 15) is 0 Å². The summed E-state index contributed by atoms with van der Waals surface area (Å²) < 4.78 is 0. The molecule has 2 N–H and O–H groups in total. The van der Waals surface area contributed by atoms with Gasteiger partial charge in [0.25, 0.3) is 0 Å². The van der Waals surface area contributed by atoms with Crippen LogP contribution >= 0.6 is 11.3 Å². The molecule has 2 aromatic rings. The quantitative estimate of drug-likeness (QED) is 0.922. The summed E-state index contributed by atoms with van der Waals surface area (Å²) >= 11 is 1.60. The maximum atomic E-state index is 5.72. The maximum absolute atomic E-state index is 5.72. The van der Waals surface area contributed by atoms with Crippen molar-refractivity contribution in [2.75, 3.05) is 12.3 Å². The van der Waals surface area contributed by atoms with Gasteiger partial charge in [0.05, 0.1) is 0 Å². The fourth-order valence-corrected chi connectivity index (χ4v) is 3.56. The average Bonchev–Trinajstić information content (AvgIpc) is 2.82. The summed E-state index contributed by atoms with van der Waals surface area (Å²) in [5.74, 6) is 0. The molecule has 1 aromatic carbocycles. The van der Waals surface area contributed by atoms with Gasteiger partial charge >= 0.3 is 0 Å². The molecule has 0 saturated heterocycles. The first-order valence-electron chi connectivity index (χ1n) is 7.46. The second-order valence-electron chi connectivity index (χ2n) is 6.86. The first-order valence-corrected chi connectivity index (χ1v) is 8.28. The van der Waals surface area contributed by atoms with Crippen molar-refractivity contribution in [3.8, 4) is 0 Å². The van der Waals surface area contributed by atoms with Crippen molar-refractivity contribution in [1.29, 1.82) is 0 Å². The van der Waals surface area contributed by atoms with Gasteiger partial charge in [-0.05, 0) is 28.5 Å². The third-order valence-electron chi connectivity index (χ3n) is 4.11. The van der Waals surface area contributed by atoms with Crippen LogP contribution in [0.5, 0.6) is 0 Å². The van der Waals surface area contributed by atoms with Crippen LogP contribution < -0.4 is 5.73 Å². The van der Waals surface area contributed by atoms with E-state index in [0.29, 0.717) is 5.13 Å². The summed E-state index contributed by atoms with van der Waals surface area (Å²) in [7, 11) is 0. The molecule has 3 nitrogen and oxygen atoms in total. The van der Waals surface area contributed by atoms with E-state index in [4.69, 9.17) is 5.73 Å². The molecule has 112 valence electrons. The number of thiazole rings is 1. The van der Waals surface area contributed by atoms with E-state index < -0.39 is 0 Å². The average molecular weight is 301 g/mol. The number of anilines is 1. The molecule has 0 amide bonds. The van der Waals surface area contributed by atoms with Gasteiger partial charge < -0.3 is 5.73 Å². The molecule has 1 aromatic heterocycles. The van der Waals surface area contributed by atoms with Crippen molar-refractivity contribution in [2.24, 2.45) is 0 Å². The SMILES string of the molecule is CC(C)(C)c1ccc2c(c1)CN(Cc1cnc(N)s1)CC2. The molecule has 2 heterocycles. The molecule has 0 fully saturated rings. The number of nitrogen functional groups attached to an aromatic ring is 1. The third-order valence-corrected chi connectivity index (χ3v) is 4.93. The highest BCUT2D eigenvalue weighted by Gasteiger charge is 2.20. The van der Waals surface area contributed by atoms with Crippen LogP contribution in [-0.4, -0.2) is 16.4 Å². The van der Waals surface area contributed by atoms with Crippen LogP contribution in [-0.2, 0) is 24.9 Å². The lowest BCUT2D eigenvalue weighted by Crippen LogP contribution is -2.30. The zero-order chi connectivity index (χ0) is 15.0. The lowest BCUT2D eigenvalue weighted by atomic mass is 9.84. The largest absolute Gasteiger partial charge is 0.375 e. The number of hydrogen-bond donors (Lipinski definition) is 1. The van der Waals surface area contributed by atoms with Gasteiger partial charge in [-0.3, -0.25) is 4.90 Å². The van der Waals surface area contributed by atoms with Crippen LogP contribution in [0.15, 0.2) is 24.4 Å². The molecule has 0 radical (unpaired) electrons. The molecule has 0 saturated carbocycles. The van der Waals surface area contributed by atoms with Crippen molar-refractivity contribution in [1.82, 2.24) is 9.88 Å². The minimum Gasteiger partial charge on any atom is -0.375 e. The van der Waals surface area contributed by atoms with E-state index in [1.165, 1.54) is 21.6 Å². The number of hydrogen-bond acceptors (Lipinski definition) is 4. The molecular weight excluding hydrogens is 278 g/mol. The summed E-state index contributed by atoms with van der Waals surface area (Å²) in [5.41, 5.74) is 10.3. The second-order valence-corrected chi connectivity index (χ2v) is 8.01. The van der Waals surface area contributed by atoms with E-state index in [0.717, 1.165) is 26.1 Å². The van der Waals surface area contributed by atoms with Crippen LogP contribution in [0.25, 0.3) is 0 Å². The van der Waals surface area contributed by atoms with E-state index in [2.05, 4.69) is 48.9 Å². The molecule has 1 aliphatic heterocycles. The Morgan fingerprint density at radius 3 is 2.76 bits per heavy atom. The van der Waals surface area contributed by atoms with Crippen molar-refractivity contribution < 1.29 is 0 Å². The van der Waals surface area contributed by atoms with Gasteiger partial charge in [0.1, 0.15) is 0 Å². The standard InChI is InChI=1S/C17H23N3S/c1-17(2,3)14-5-4-12-6-7-20(10-13(12)8-14)11-15-9-19-16(18)21-15/h4-5,8-9H,6-7,10-11H2,1-3H3,(H2,18,19). The first kappa shape index (κ1) is 14.5. The third kappa shape index (κ3) is 3.27. The number of benzene rings is 1. The lowest BCUT2D eigenvalue weighted by Gasteiger charge is -2.30. The zero-order valence-electron chi connectivity index (χ0n) is 13.0. The lowest BCUT2D eigenvalue weighted by molar-refractivity contribution is 0.247. The zero-order valence-corrected chi connectivity index (χ0v) is 13.8. The van der Waals surface area contributed by atoms with Crippen molar-refractivity contribution in [2.45, 2.75) is 45.7 Å². The van der Waals surface area contributed by atoms with Gasteiger partial charge in [-0.2, -0.15) is 0 Å². The van der Waals surface area contributed by atoms with Crippen molar-refractivity contribution in [3.05, 3.63) is 46.0 Å². The fraction of sp³-hybridized carbons (Fsp3) is 0.471. The monoisotopic (exact) mass is 301 g/mol. The summed E-state index contributed by atoms with van der Waals surface area (Å²) in [6.45, 7) is 9.91. The Kier molecular flexibility index (Phi) is 3.76. The van der Waals surface area contributed by atoms with Gasteiger partial charge in [-0.25, -0.2) is 4.98 Å². The number of nitrogens with two attached hydrogens (primary N) is 1. The highest BCUT2D eigenvalue weighted by Crippen LogP contribution is 2.28. The molecule has 0 unspecified atom stereocenters. The highest BCUT2D eigenvalue weighted by atomic mass is 32.1. The minimum atomic E-state index is 0.212. The predicted octanol–water partition coefficient (Wildman–Crippen LogP) is 3.58. The van der Waals surface area contributed by atoms with Gasteiger partial charge in [-0.1, -0.05) is 39.0 Å². The van der Waals surface area contributed by atoms with Crippen LogP contribution in [0.3, 0.4) is 0 Å². The second kappa shape index (κ2) is 5.43. The molecule has 3 rings (SSSR count). The van der Waals surface area contributed by atoms with Gasteiger partial charge in [-0.15, -0.1) is 11.3 Å². The summed E-state index contributed by atoms with van der Waals surface area (Å²) in [6.07, 6.45) is 3.04. The molecule has 0 atom stereocenters. The number of rotatable bonds is 2. The smallest absolute Gasteiger partial charge is 0.180 e. The van der Waals surface area contributed by atoms with Crippen LogP contribution in [0.4, 0.5) is 5.13 Å². The van der Waals surface area contributed by atoms with Crippen LogP contribution in [0.2, 0.25) is 0 Å². The van der Waals surface area contributed by atoms with E-state index in [1.807, 2.05) is 6.20 Å². The summed E-state index contributed by atoms with van der Waals surface area (Å²) in [6, 6.07) is 7.00. The Bertz CT molecular complexity index is 640. The molecule has 21 heavy (non-hydrogen) atoms. The molecule has 0 bridgehead atoms. The Hall–Kier alpha value is -1.39. The van der Waals surface area contributed by atoms with E-state index >= 15 is 0 Å². The first-order chi connectivity index (χ1) is 9.91. The fourth-order valence-electron chi connectivity index (χ4n) is 2.83. The van der Waals surface area contributed by atoms with Gasteiger partial charge in [0.2, 0.25) is 0 Å². The Labute approximate surface area is 130 Å². The molecule has 4 heteroatoms. The summed E-state index contributed by atoms with van der Waals surface area (Å²) in [5, 5.41) is 0.664. The van der Waals surface area contributed by atoms with Gasteiger partial charge in [0, 0.05) is 30.7 Å². The number of fused-ring (bicyclic) bond motifs is 1. The number of nitrogens with zero attached hydrogens (tertiary/aromatic N) is 2. The molecule has 0 aliphatic carbocycles. The molecule has 1 aliphatic rings. The Balaban J connectivity index is 1.77. The molecular formula is C17H23N3S. The Morgan fingerprint density at radius 1 is 1.29 bits per heavy atom. The molecule has 0 spiro atoms. The van der Waals surface area contributed by atoms with Crippen LogP contribution in [0, 0.1) is 0 Å². The van der Waals surface area contributed by atoms with Crippen LogP contribution in [0.1, 0.15) is 42.3 Å². The van der Waals surface area contributed by atoms with Gasteiger partial charge in [0.15, 0.2) is 5.13 Å².